The summed E-state index contributed by atoms with van der Waals surface area (Å²) in [5, 5.41) is 5.72. The van der Waals surface area contributed by atoms with Crippen LogP contribution in [0.5, 0.6) is 0 Å². The Morgan fingerprint density at radius 2 is 1.81 bits per heavy atom. The molecule has 0 atom stereocenters. The van der Waals surface area contributed by atoms with Crippen molar-refractivity contribution in [1.29, 1.82) is 0 Å². The van der Waals surface area contributed by atoms with Gasteiger partial charge in [-0.05, 0) is 42.0 Å². The zero-order chi connectivity index (χ0) is 21.8. The van der Waals surface area contributed by atoms with Crippen molar-refractivity contribution in [2.45, 2.75) is 18.0 Å². The van der Waals surface area contributed by atoms with Gasteiger partial charge in [-0.15, -0.1) is 4.40 Å². The standard InChI is InChI=1S/C22H22N4O4S/c1-23-22(27)17-10-8-16(9-11-17)13-26(14-18-5-4-12-30-18)15-21-24-19-6-2-3-7-20(19)31(28,29)25-21/h2-12H,13-15H2,1H3,(H,23,27)(H,24,25). The number of anilines is 1. The average molecular weight is 439 g/mol. The number of amides is 1. The van der Waals surface area contributed by atoms with Crippen LogP contribution < -0.4 is 10.6 Å². The second-order valence-electron chi connectivity index (χ2n) is 7.13. The summed E-state index contributed by atoms with van der Waals surface area (Å²) >= 11 is 0. The van der Waals surface area contributed by atoms with Crippen LogP contribution in [0.4, 0.5) is 5.69 Å². The summed E-state index contributed by atoms with van der Waals surface area (Å²) in [6.07, 6.45) is 1.60. The highest BCUT2D eigenvalue weighted by Crippen LogP contribution is 2.27. The first-order chi connectivity index (χ1) is 14.9. The zero-order valence-corrected chi connectivity index (χ0v) is 17.7. The quantitative estimate of drug-likeness (QED) is 0.588. The molecule has 9 heteroatoms. The largest absolute Gasteiger partial charge is 0.468 e. The Bertz CT molecular complexity index is 1200. The molecule has 2 N–H and O–H groups in total. The van der Waals surface area contributed by atoms with Crippen molar-refractivity contribution >= 4 is 27.5 Å². The first kappa shape index (κ1) is 20.8. The number of nitrogens with one attached hydrogen (secondary N) is 2. The molecular formula is C22H22N4O4S. The molecule has 0 saturated heterocycles. The SMILES string of the molecule is CNC(=O)c1ccc(CN(CC2=NS(=O)(=O)c3ccccc3N2)Cc2ccco2)cc1. The van der Waals surface area contributed by atoms with E-state index in [1.54, 1.807) is 43.6 Å². The fraction of sp³-hybridized carbons (Fsp3) is 0.182. The molecule has 1 aliphatic heterocycles. The predicted octanol–water partition coefficient (Wildman–Crippen LogP) is 2.85. The number of fused-ring (bicyclic) bond motifs is 1. The van der Waals surface area contributed by atoms with Gasteiger partial charge in [-0.2, -0.15) is 8.42 Å². The normalized spacial score (nSPS) is 14.5. The van der Waals surface area contributed by atoms with Gasteiger partial charge in [-0.25, -0.2) is 0 Å². The molecule has 0 saturated carbocycles. The van der Waals surface area contributed by atoms with E-state index in [2.05, 4.69) is 15.0 Å². The van der Waals surface area contributed by atoms with Crippen molar-refractivity contribution in [2.75, 3.05) is 18.9 Å². The Hall–Kier alpha value is -3.43. The molecule has 0 bridgehead atoms. The number of furan rings is 1. The van der Waals surface area contributed by atoms with Gasteiger partial charge in [0.1, 0.15) is 16.5 Å². The second-order valence-corrected chi connectivity index (χ2v) is 8.71. The van der Waals surface area contributed by atoms with Gasteiger partial charge in [-0.1, -0.05) is 24.3 Å². The van der Waals surface area contributed by atoms with Crippen LogP contribution in [0.2, 0.25) is 0 Å². The van der Waals surface area contributed by atoms with Crippen molar-refractivity contribution in [3.63, 3.8) is 0 Å². The molecule has 1 aromatic heterocycles. The van der Waals surface area contributed by atoms with Gasteiger partial charge in [0.25, 0.3) is 15.9 Å². The molecule has 1 amide bonds. The van der Waals surface area contributed by atoms with Crippen molar-refractivity contribution in [2.24, 2.45) is 4.40 Å². The number of rotatable bonds is 7. The zero-order valence-electron chi connectivity index (χ0n) is 16.9. The maximum Gasteiger partial charge on any atom is 0.286 e. The maximum absolute atomic E-state index is 12.6. The molecule has 0 radical (unpaired) electrons. The van der Waals surface area contributed by atoms with Crippen LogP contribution in [0.1, 0.15) is 21.7 Å². The van der Waals surface area contributed by atoms with Crippen molar-refractivity contribution < 1.29 is 17.6 Å². The summed E-state index contributed by atoms with van der Waals surface area (Å²) in [5.74, 6) is 0.942. The lowest BCUT2D eigenvalue weighted by atomic mass is 10.1. The highest BCUT2D eigenvalue weighted by molar-refractivity contribution is 7.90. The molecule has 0 aliphatic carbocycles. The molecule has 8 nitrogen and oxygen atoms in total. The molecule has 0 fully saturated rings. The first-order valence-corrected chi connectivity index (χ1v) is 11.1. The van der Waals surface area contributed by atoms with E-state index in [9.17, 15) is 13.2 Å². The topological polar surface area (TPSA) is 104 Å². The van der Waals surface area contributed by atoms with Crippen LogP contribution in [0.25, 0.3) is 0 Å². The number of carbonyl (C=O) groups is 1. The number of nitrogens with zero attached hydrogens (tertiary/aromatic N) is 2. The van der Waals surface area contributed by atoms with Gasteiger partial charge in [0.2, 0.25) is 0 Å². The average Bonchev–Trinajstić information content (AvgIpc) is 3.26. The smallest absolute Gasteiger partial charge is 0.286 e. The number of hydrogen-bond acceptors (Lipinski definition) is 6. The molecule has 31 heavy (non-hydrogen) atoms. The molecule has 0 unspecified atom stereocenters. The Morgan fingerprint density at radius 1 is 1.03 bits per heavy atom. The third kappa shape index (κ3) is 4.84. The molecule has 3 aromatic rings. The van der Waals surface area contributed by atoms with Gasteiger partial charge < -0.3 is 15.1 Å². The fourth-order valence-corrected chi connectivity index (χ4v) is 4.54. The predicted molar refractivity (Wildman–Crippen MR) is 117 cm³/mol. The Balaban J connectivity index is 1.56. The molecule has 4 rings (SSSR count). The lowest BCUT2D eigenvalue weighted by molar-refractivity contribution is 0.0963. The number of benzene rings is 2. The van der Waals surface area contributed by atoms with E-state index in [1.165, 1.54) is 6.07 Å². The van der Waals surface area contributed by atoms with Crippen LogP contribution in [0.3, 0.4) is 0 Å². The third-order valence-electron chi connectivity index (χ3n) is 4.86. The van der Waals surface area contributed by atoms with Crippen molar-refractivity contribution in [3.05, 3.63) is 83.8 Å². The first-order valence-electron chi connectivity index (χ1n) is 9.70. The number of para-hydroxylation sites is 1. The summed E-state index contributed by atoms with van der Waals surface area (Å²) in [4.78, 5) is 14.0. The minimum Gasteiger partial charge on any atom is -0.468 e. The van der Waals surface area contributed by atoms with Gasteiger partial charge in [-0.3, -0.25) is 9.69 Å². The molecule has 160 valence electrons. The fourth-order valence-electron chi connectivity index (χ4n) is 3.40. The van der Waals surface area contributed by atoms with Crippen LogP contribution in [-0.2, 0) is 23.1 Å². The molecule has 0 spiro atoms. The van der Waals surface area contributed by atoms with E-state index in [-0.39, 0.29) is 17.3 Å². The van der Waals surface area contributed by atoms with Crippen molar-refractivity contribution in [1.82, 2.24) is 10.2 Å². The lowest BCUT2D eigenvalue weighted by Gasteiger charge is -2.25. The minimum atomic E-state index is -3.76. The van der Waals surface area contributed by atoms with E-state index in [0.29, 0.717) is 30.2 Å². The minimum absolute atomic E-state index is 0.149. The monoisotopic (exact) mass is 438 g/mol. The Kier molecular flexibility index (Phi) is 5.88. The maximum atomic E-state index is 12.6. The molecule has 1 aliphatic rings. The summed E-state index contributed by atoms with van der Waals surface area (Å²) in [7, 11) is -2.17. The molecule has 2 heterocycles. The summed E-state index contributed by atoms with van der Waals surface area (Å²) in [6, 6.07) is 17.6. The van der Waals surface area contributed by atoms with E-state index < -0.39 is 10.0 Å². The summed E-state index contributed by atoms with van der Waals surface area (Å²) in [5.41, 5.74) is 2.06. The number of amidine groups is 1. The van der Waals surface area contributed by atoms with Gasteiger partial charge in [0, 0.05) is 19.2 Å². The van der Waals surface area contributed by atoms with E-state index in [4.69, 9.17) is 4.42 Å². The van der Waals surface area contributed by atoms with Crippen LogP contribution in [0.15, 0.2) is 80.6 Å². The van der Waals surface area contributed by atoms with Crippen LogP contribution in [-0.4, -0.2) is 38.7 Å². The van der Waals surface area contributed by atoms with Crippen LogP contribution >= 0.6 is 0 Å². The summed E-state index contributed by atoms with van der Waals surface area (Å²) < 4.78 is 34.6. The Labute approximate surface area is 180 Å². The second kappa shape index (κ2) is 8.75. The van der Waals surface area contributed by atoms with Crippen molar-refractivity contribution in [3.8, 4) is 0 Å². The van der Waals surface area contributed by atoms with Crippen LogP contribution in [0, 0.1) is 0 Å². The molecular weight excluding hydrogens is 416 g/mol. The highest BCUT2D eigenvalue weighted by Gasteiger charge is 2.25. The van der Waals surface area contributed by atoms with Gasteiger partial charge in [0.15, 0.2) is 0 Å². The highest BCUT2D eigenvalue weighted by atomic mass is 32.2. The van der Waals surface area contributed by atoms with Gasteiger partial charge >= 0.3 is 0 Å². The third-order valence-corrected chi connectivity index (χ3v) is 6.23. The number of hydrogen-bond donors (Lipinski definition) is 2. The lowest BCUT2D eigenvalue weighted by Crippen LogP contribution is -2.35. The number of sulfonamides is 1. The molecule has 2 aromatic carbocycles. The summed E-state index contributed by atoms with van der Waals surface area (Å²) in [6.45, 7) is 1.25. The van der Waals surface area contributed by atoms with E-state index in [1.807, 2.05) is 29.2 Å². The van der Waals surface area contributed by atoms with Gasteiger partial charge in [0.05, 0.1) is 25.0 Å². The number of carbonyl (C=O) groups excluding carboxylic acids is 1. The Morgan fingerprint density at radius 3 is 2.52 bits per heavy atom. The van der Waals surface area contributed by atoms with E-state index in [0.717, 1.165) is 11.3 Å². The van der Waals surface area contributed by atoms with E-state index >= 15 is 0 Å².